The van der Waals surface area contributed by atoms with E-state index in [1.54, 1.807) is 23.6 Å². The van der Waals surface area contributed by atoms with E-state index in [2.05, 4.69) is 25.9 Å². The molecule has 0 fully saturated rings. The van der Waals surface area contributed by atoms with Crippen molar-refractivity contribution in [1.29, 1.82) is 0 Å². The zero-order chi connectivity index (χ0) is 14.7. The van der Waals surface area contributed by atoms with Gasteiger partial charge in [0, 0.05) is 10.0 Å². The fraction of sp³-hybridized carbons (Fsp3) is 0. The third-order valence-corrected chi connectivity index (χ3v) is 4.11. The number of hydrogen-bond acceptors (Lipinski definition) is 3. The van der Waals surface area contributed by atoms with Crippen LogP contribution in [0.4, 0.5) is 0 Å². The van der Waals surface area contributed by atoms with Crippen LogP contribution in [0.25, 0.3) is 11.0 Å². The molecule has 1 heterocycles. The molecule has 0 aliphatic carbocycles. The van der Waals surface area contributed by atoms with Crippen LogP contribution in [-0.4, -0.2) is 15.8 Å². The summed E-state index contributed by atoms with van der Waals surface area (Å²) in [5.41, 5.74) is 2.58. The van der Waals surface area contributed by atoms with Crippen molar-refractivity contribution in [2.24, 2.45) is 0 Å². The molecule has 0 unspecified atom stereocenters. The molecule has 21 heavy (non-hydrogen) atoms. The van der Waals surface area contributed by atoms with Gasteiger partial charge in [0.15, 0.2) is 10.9 Å². The van der Waals surface area contributed by atoms with E-state index >= 15 is 0 Å². The third-order valence-electron chi connectivity index (χ3n) is 2.90. The van der Waals surface area contributed by atoms with E-state index < -0.39 is 0 Å². The molecule has 0 saturated heterocycles. The first-order chi connectivity index (χ1) is 10.2. The molecule has 0 atom stereocenters. The summed E-state index contributed by atoms with van der Waals surface area (Å²) in [5, 5.41) is 2.53. The van der Waals surface area contributed by atoms with Gasteiger partial charge in [0.05, 0.1) is 11.0 Å². The number of carbonyl (C=O) groups is 1. The Labute approximate surface area is 134 Å². The molecule has 104 valence electrons. The van der Waals surface area contributed by atoms with E-state index in [9.17, 15) is 4.79 Å². The molecule has 3 nitrogen and oxygen atoms in total. The number of halogens is 1. The minimum Gasteiger partial charge on any atom is -0.333 e. The number of H-pyrrole nitrogens is 1. The Bertz CT molecular complexity index is 776. The monoisotopic (exact) mass is 358 g/mol. The average Bonchev–Trinajstić information content (AvgIpc) is 2.90. The Morgan fingerprint density at radius 2 is 1.90 bits per heavy atom. The summed E-state index contributed by atoms with van der Waals surface area (Å²) in [6.45, 7) is 0. The average molecular weight is 359 g/mol. The second-order valence-corrected chi connectivity index (χ2v) is 6.16. The second-order valence-electron chi connectivity index (χ2n) is 4.35. The second kappa shape index (κ2) is 6.28. The summed E-state index contributed by atoms with van der Waals surface area (Å²) >= 11 is 4.74. The van der Waals surface area contributed by atoms with E-state index in [0.29, 0.717) is 5.56 Å². The zero-order valence-electron chi connectivity index (χ0n) is 10.9. The fourth-order valence-corrected chi connectivity index (χ4v) is 2.76. The fourth-order valence-electron chi connectivity index (χ4n) is 1.86. The van der Waals surface area contributed by atoms with Crippen molar-refractivity contribution in [3.8, 4) is 0 Å². The van der Waals surface area contributed by atoms with Crippen LogP contribution < -0.4 is 0 Å². The number of aromatic amines is 1. The van der Waals surface area contributed by atoms with Gasteiger partial charge in [-0.15, -0.1) is 0 Å². The van der Waals surface area contributed by atoms with E-state index in [-0.39, 0.29) is 5.78 Å². The zero-order valence-corrected chi connectivity index (χ0v) is 13.3. The number of rotatable bonds is 4. The first-order valence-electron chi connectivity index (χ1n) is 6.30. The quantitative estimate of drug-likeness (QED) is 0.413. The molecule has 2 aromatic carbocycles. The summed E-state index contributed by atoms with van der Waals surface area (Å²) in [4.78, 5) is 19.6. The largest absolute Gasteiger partial charge is 0.333 e. The van der Waals surface area contributed by atoms with Crippen LogP contribution in [0.5, 0.6) is 0 Å². The molecule has 0 saturated carbocycles. The summed E-state index contributed by atoms with van der Waals surface area (Å²) in [6, 6.07) is 15.1. The van der Waals surface area contributed by atoms with E-state index in [4.69, 9.17) is 0 Å². The highest BCUT2D eigenvalue weighted by molar-refractivity contribution is 9.10. The van der Waals surface area contributed by atoms with Gasteiger partial charge < -0.3 is 4.98 Å². The van der Waals surface area contributed by atoms with Crippen LogP contribution in [-0.2, 0) is 0 Å². The lowest BCUT2D eigenvalue weighted by atomic mass is 10.1. The number of imidazole rings is 1. The minimum atomic E-state index is -0.0221. The summed E-state index contributed by atoms with van der Waals surface area (Å²) in [5.74, 6) is -0.0221. The van der Waals surface area contributed by atoms with Crippen molar-refractivity contribution in [1.82, 2.24) is 9.97 Å². The summed E-state index contributed by atoms with van der Waals surface area (Å²) < 4.78 is 0.958. The van der Waals surface area contributed by atoms with Crippen LogP contribution in [0.1, 0.15) is 10.4 Å². The lowest BCUT2D eigenvalue weighted by Gasteiger charge is -1.95. The van der Waals surface area contributed by atoms with Gasteiger partial charge in [-0.3, -0.25) is 4.79 Å². The van der Waals surface area contributed by atoms with Crippen LogP contribution in [0.3, 0.4) is 0 Å². The highest BCUT2D eigenvalue weighted by Gasteiger charge is 2.03. The van der Waals surface area contributed by atoms with Gasteiger partial charge in [0.25, 0.3) is 0 Å². The normalized spacial score (nSPS) is 11.3. The highest BCUT2D eigenvalue weighted by atomic mass is 79.9. The Kier molecular flexibility index (Phi) is 4.22. The van der Waals surface area contributed by atoms with Crippen molar-refractivity contribution in [3.05, 3.63) is 70.1 Å². The van der Waals surface area contributed by atoms with Crippen molar-refractivity contribution in [3.63, 3.8) is 0 Å². The number of carbonyl (C=O) groups excluding carboxylic acids is 1. The predicted molar refractivity (Wildman–Crippen MR) is 89.6 cm³/mol. The van der Waals surface area contributed by atoms with Crippen molar-refractivity contribution in [2.75, 3.05) is 0 Å². The molecule has 0 aliphatic heterocycles. The summed E-state index contributed by atoms with van der Waals surface area (Å²) in [7, 11) is 0. The molecule has 0 aliphatic rings. The van der Waals surface area contributed by atoms with E-state index in [0.717, 1.165) is 20.7 Å². The Morgan fingerprint density at radius 1 is 1.14 bits per heavy atom. The molecule has 1 N–H and O–H groups in total. The van der Waals surface area contributed by atoms with Crippen LogP contribution >= 0.6 is 27.7 Å². The van der Waals surface area contributed by atoms with Gasteiger partial charge in [-0.05, 0) is 47.9 Å². The number of nitrogens with one attached hydrogen (secondary N) is 1. The van der Waals surface area contributed by atoms with Gasteiger partial charge in [-0.25, -0.2) is 4.98 Å². The molecule has 3 aromatic rings. The van der Waals surface area contributed by atoms with Gasteiger partial charge in [0.2, 0.25) is 0 Å². The maximum Gasteiger partial charge on any atom is 0.186 e. The van der Waals surface area contributed by atoms with Gasteiger partial charge in [-0.2, -0.15) is 0 Å². The van der Waals surface area contributed by atoms with Crippen molar-refractivity contribution in [2.45, 2.75) is 5.16 Å². The number of benzene rings is 2. The molecule has 5 heteroatoms. The molecule has 0 bridgehead atoms. The predicted octanol–water partition coefficient (Wildman–Crippen LogP) is 4.81. The molecule has 3 rings (SSSR count). The van der Waals surface area contributed by atoms with Gasteiger partial charge in [0.1, 0.15) is 0 Å². The Morgan fingerprint density at radius 3 is 2.67 bits per heavy atom. The molecule has 0 spiro atoms. The van der Waals surface area contributed by atoms with E-state index in [1.807, 2.05) is 36.4 Å². The maximum atomic E-state index is 12.0. The van der Waals surface area contributed by atoms with Crippen LogP contribution in [0.2, 0.25) is 0 Å². The number of thioether (sulfide) groups is 1. The maximum absolute atomic E-state index is 12.0. The number of hydrogen-bond donors (Lipinski definition) is 1. The lowest BCUT2D eigenvalue weighted by Crippen LogP contribution is -1.92. The number of para-hydroxylation sites is 2. The molecule has 0 amide bonds. The van der Waals surface area contributed by atoms with Crippen LogP contribution in [0, 0.1) is 0 Å². The standard InChI is InChI=1S/C16H11BrN2OS/c17-12-7-5-11(6-8-12)15(20)9-10-21-16-18-13-3-1-2-4-14(13)19-16/h1-10H,(H,18,19)/b10-9-. The molecule has 1 aromatic heterocycles. The highest BCUT2D eigenvalue weighted by Crippen LogP contribution is 2.20. The minimum absolute atomic E-state index is 0.0221. The topological polar surface area (TPSA) is 45.8 Å². The smallest absolute Gasteiger partial charge is 0.186 e. The van der Waals surface area contributed by atoms with Gasteiger partial charge in [-0.1, -0.05) is 39.8 Å². The van der Waals surface area contributed by atoms with E-state index in [1.165, 1.54) is 11.8 Å². The van der Waals surface area contributed by atoms with Crippen molar-refractivity contribution < 1.29 is 4.79 Å². The van der Waals surface area contributed by atoms with Crippen molar-refractivity contribution >= 4 is 44.5 Å². The van der Waals surface area contributed by atoms with Crippen LogP contribution in [0.15, 0.2) is 69.6 Å². The first-order valence-corrected chi connectivity index (χ1v) is 7.97. The third kappa shape index (κ3) is 3.43. The SMILES string of the molecule is O=C(/C=C\Sc1nc2ccccc2[nH]1)c1ccc(Br)cc1. The number of allylic oxidation sites excluding steroid dienone is 1. The first kappa shape index (κ1) is 14.1. The Hall–Kier alpha value is -1.85. The lowest BCUT2D eigenvalue weighted by molar-refractivity contribution is 0.104. The number of ketones is 1. The molecule has 0 radical (unpaired) electrons. The molecular formula is C16H11BrN2OS. The number of fused-ring (bicyclic) bond motifs is 1. The number of nitrogens with zero attached hydrogens (tertiary/aromatic N) is 1. The Balaban J connectivity index is 1.68. The van der Waals surface area contributed by atoms with Gasteiger partial charge >= 0.3 is 0 Å². The number of aromatic nitrogens is 2. The molecular weight excluding hydrogens is 348 g/mol. The summed E-state index contributed by atoms with van der Waals surface area (Å²) in [6.07, 6.45) is 1.56.